The summed E-state index contributed by atoms with van der Waals surface area (Å²) in [6.45, 7) is 7.74. The third-order valence-corrected chi connectivity index (χ3v) is 6.94. The zero-order valence-corrected chi connectivity index (χ0v) is 21.4. The van der Waals surface area contributed by atoms with E-state index in [0.29, 0.717) is 30.4 Å². The lowest BCUT2D eigenvalue weighted by atomic mass is 9.93. The van der Waals surface area contributed by atoms with Crippen molar-refractivity contribution in [3.05, 3.63) is 35.7 Å². The number of rotatable bonds is 10. The lowest BCUT2D eigenvalue weighted by Gasteiger charge is -2.32. The smallest absolute Gasteiger partial charge is 0.271 e. The first-order valence-electron chi connectivity index (χ1n) is 13.0. The predicted molar refractivity (Wildman–Crippen MR) is 141 cm³/mol. The molecule has 0 unspecified atom stereocenters. The first kappa shape index (κ1) is 26.1. The molecule has 0 radical (unpaired) electrons. The molecule has 5 N–H and O–H groups in total. The third kappa shape index (κ3) is 7.05. The van der Waals surface area contributed by atoms with E-state index in [9.17, 15) is 9.90 Å². The van der Waals surface area contributed by atoms with E-state index in [0.717, 1.165) is 69.8 Å². The number of amides is 1. The van der Waals surface area contributed by atoms with Gasteiger partial charge in [0.2, 0.25) is 0 Å². The average Bonchev–Trinajstić information content (AvgIpc) is 2.87. The van der Waals surface area contributed by atoms with E-state index in [1.54, 1.807) is 0 Å². The Hall–Kier alpha value is -2.95. The van der Waals surface area contributed by atoms with E-state index in [2.05, 4.69) is 32.5 Å². The molecule has 0 bridgehead atoms. The number of nitrogens with two attached hydrogens (primary N) is 1. The average molecular weight is 498 g/mol. The molecule has 1 aromatic carbocycles. The van der Waals surface area contributed by atoms with Gasteiger partial charge in [-0.15, -0.1) is 0 Å². The molecule has 1 aromatic heterocycles. The zero-order chi connectivity index (χ0) is 25.5. The first-order valence-corrected chi connectivity index (χ1v) is 13.0. The summed E-state index contributed by atoms with van der Waals surface area (Å²) < 4.78 is 6.01. The Morgan fingerprint density at radius 2 is 1.89 bits per heavy atom. The number of nitrogens with one attached hydrogen (secondary N) is 2. The molecule has 1 saturated carbocycles. The van der Waals surface area contributed by atoms with Crippen molar-refractivity contribution in [1.82, 2.24) is 19.8 Å². The lowest BCUT2D eigenvalue weighted by molar-refractivity contribution is 0.0996. The molecule has 1 saturated heterocycles. The van der Waals surface area contributed by atoms with E-state index in [1.807, 2.05) is 31.2 Å². The Labute approximate surface area is 213 Å². The topological polar surface area (TPSA) is 129 Å². The number of likely N-dealkylation sites (N-methyl/N-ethyl adjacent to an activating group) is 1. The quantitative estimate of drug-likeness (QED) is 0.390. The molecule has 1 amide bonds. The van der Waals surface area contributed by atoms with Crippen molar-refractivity contribution in [2.75, 3.05) is 57.0 Å². The number of nitrogens with zero attached hydrogens (tertiary/aromatic N) is 4. The predicted octanol–water partition coefficient (Wildman–Crippen LogP) is 2.22. The molecule has 2 aliphatic rings. The van der Waals surface area contributed by atoms with Gasteiger partial charge in [0, 0.05) is 50.5 Å². The monoisotopic (exact) mass is 497 g/mol. The maximum absolute atomic E-state index is 12.2. The fourth-order valence-electron chi connectivity index (χ4n) is 4.67. The fourth-order valence-corrected chi connectivity index (χ4v) is 4.67. The molecule has 1 aliphatic carbocycles. The highest BCUT2D eigenvalue weighted by Crippen LogP contribution is 2.27. The highest BCUT2D eigenvalue weighted by atomic mass is 16.5. The van der Waals surface area contributed by atoms with Crippen molar-refractivity contribution >= 4 is 23.2 Å². The van der Waals surface area contributed by atoms with Gasteiger partial charge in [-0.25, -0.2) is 9.97 Å². The first-order chi connectivity index (χ1) is 17.4. The van der Waals surface area contributed by atoms with Crippen LogP contribution in [0.25, 0.3) is 0 Å². The number of hydrogen-bond acceptors (Lipinski definition) is 9. The number of aryl methyl sites for hydroxylation is 1. The highest BCUT2D eigenvalue weighted by molar-refractivity contribution is 5.96. The van der Waals surface area contributed by atoms with E-state index in [1.165, 1.54) is 0 Å². The molecule has 10 heteroatoms. The molecule has 2 fully saturated rings. The summed E-state index contributed by atoms with van der Waals surface area (Å²) in [6.07, 6.45) is 3.63. The summed E-state index contributed by atoms with van der Waals surface area (Å²) in [5, 5.41) is 16.5. The second kappa shape index (κ2) is 12.3. The molecule has 0 spiro atoms. The lowest BCUT2D eigenvalue weighted by Crippen LogP contribution is -2.45. The van der Waals surface area contributed by atoms with Crippen LogP contribution < -0.4 is 21.1 Å². The van der Waals surface area contributed by atoms with Crippen molar-refractivity contribution in [3.8, 4) is 5.75 Å². The van der Waals surface area contributed by atoms with Crippen molar-refractivity contribution < 1.29 is 14.6 Å². The fraction of sp³-hybridized carbons (Fsp3) is 0.577. The molecule has 2 heterocycles. The second-order valence-corrected chi connectivity index (χ2v) is 9.73. The number of aliphatic hydroxyl groups is 1. The van der Waals surface area contributed by atoms with Gasteiger partial charge in [0.25, 0.3) is 5.91 Å². The van der Waals surface area contributed by atoms with Gasteiger partial charge in [0.15, 0.2) is 11.5 Å². The number of aromatic nitrogens is 2. The summed E-state index contributed by atoms with van der Waals surface area (Å²) >= 11 is 0. The molecule has 1 aliphatic heterocycles. The van der Waals surface area contributed by atoms with E-state index < -0.39 is 5.91 Å². The summed E-state index contributed by atoms with van der Waals surface area (Å²) in [5.41, 5.74) is 7.20. The van der Waals surface area contributed by atoms with Crippen LogP contribution in [0.5, 0.6) is 5.75 Å². The Morgan fingerprint density at radius 3 is 2.58 bits per heavy atom. The van der Waals surface area contributed by atoms with E-state index in [4.69, 9.17) is 15.5 Å². The van der Waals surface area contributed by atoms with Crippen LogP contribution in [0.3, 0.4) is 0 Å². The number of primary amides is 1. The molecule has 2 aromatic rings. The number of hydrogen-bond donors (Lipinski definition) is 4. The molecular formula is C26H39N7O3. The summed E-state index contributed by atoms with van der Waals surface area (Å²) in [6, 6.07) is 7.80. The Morgan fingerprint density at radius 1 is 1.14 bits per heavy atom. The van der Waals surface area contributed by atoms with Crippen molar-refractivity contribution in [1.29, 1.82) is 0 Å². The number of ether oxygens (including phenoxy) is 1. The van der Waals surface area contributed by atoms with Crippen molar-refractivity contribution in [3.63, 3.8) is 0 Å². The maximum Gasteiger partial charge on any atom is 0.271 e. The molecule has 0 atom stereocenters. The summed E-state index contributed by atoms with van der Waals surface area (Å²) in [4.78, 5) is 26.2. The maximum atomic E-state index is 12.2. The van der Waals surface area contributed by atoms with Gasteiger partial charge in [-0.05, 0) is 51.3 Å². The highest BCUT2D eigenvalue weighted by Gasteiger charge is 2.23. The minimum Gasteiger partial charge on any atom is -0.492 e. The number of aliphatic hydroxyl groups excluding tert-OH is 1. The van der Waals surface area contributed by atoms with Crippen LogP contribution in [-0.2, 0) is 6.42 Å². The molecule has 196 valence electrons. The van der Waals surface area contributed by atoms with Gasteiger partial charge < -0.3 is 31.1 Å². The van der Waals surface area contributed by atoms with E-state index >= 15 is 0 Å². The number of benzene rings is 1. The Kier molecular flexibility index (Phi) is 8.95. The van der Waals surface area contributed by atoms with Crippen LogP contribution in [0, 0.1) is 0 Å². The number of carbonyl (C=O) groups excluding carboxylic acids is 1. The molecule has 36 heavy (non-hydrogen) atoms. The van der Waals surface area contributed by atoms with Gasteiger partial charge in [0.1, 0.15) is 18.2 Å². The summed E-state index contributed by atoms with van der Waals surface area (Å²) in [7, 11) is 2.15. The van der Waals surface area contributed by atoms with Gasteiger partial charge in [0.05, 0.1) is 11.8 Å². The molecule has 4 rings (SSSR count). The Bertz CT molecular complexity index is 1020. The minimum absolute atomic E-state index is 0.109. The number of anilines is 3. The SMILES string of the molecule is CCc1nc(C(N)=O)c(Nc2cccc(OCCN3CCN(C)CC3)c2)nc1NC1CCC(O)CC1. The second-order valence-electron chi connectivity index (χ2n) is 9.73. The van der Waals surface area contributed by atoms with E-state index in [-0.39, 0.29) is 17.8 Å². The van der Waals surface area contributed by atoms with Gasteiger partial charge in [-0.3, -0.25) is 9.69 Å². The minimum atomic E-state index is -0.633. The number of piperazine rings is 1. The van der Waals surface area contributed by atoms with Crippen LogP contribution in [0.15, 0.2) is 24.3 Å². The largest absolute Gasteiger partial charge is 0.492 e. The van der Waals surface area contributed by atoms with Crippen LogP contribution in [-0.4, -0.2) is 89.3 Å². The van der Waals surface area contributed by atoms with Crippen molar-refractivity contribution in [2.45, 2.75) is 51.2 Å². The van der Waals surface area contributed by atoms with Gasteiger partial charge >= 0.3 is 0 Å². The molecular weight excluding hydrogens is 458 g/mol. The van der Waals surface area contributed by atoms with Crippen LogP contribution in [0.1, 0.15) is 48.8 Å². The normalized spacial score (nSPS) is 21.2. The molecule has 10 nitrogen and oxygen atoms in total. The van der Waals surface area contributed by atoms with Gasteiger partial charge in [-0.2, -0.15) is 0 Å². The van der Waals surface area contributed by atoms with Crippen LogP contribution in [0.4, 0.5) is 17.3 Å². The Balaban J connectivity index is 1.44. The summed E-state index contributed by atoms with van der Waals surface area (Å²) in [5.74, 6) is 1.07. The van der Waals surface area contributed by atoms with Crippen LogP contribution in [0.2, 0.25) is 0 Å². The van der Waals surface area contributed by atoms with Gasteiger partial charge in [-0.1, -0.05) is 13.0 Å². The number of carbonyl (C=O) groups is 1. The van der Waals surface area contributed by atoms with Crippen molar-refractivity contribution in [2.24, 2.45) is 5.73 Å². The third-order valence-electron chi connectivity index (χ3n) is 6.94. The zero-order valence-electron chi connectivity index (χ0n) is 21.4. The standard InChI is InChI=1S/C26H39N7O3/c1-3-22-25(28-18-7-9-20(34)10-8-18)31-26(23(30-22)24(27)35)29-19-5-4-6-21(17-19)36-16-15-33-13-11-32(2)12-14-33/h4-6,17-18,20,34H,3,7-16H2,1-2H3,(H2,27,35)(H2,28,29,31). The van der Waals surface area contributed by atoms with Crippen LogP contribution >= 0.6 is 0 Å².